The number of aromatic nitrogens is 2. The van der Waals surface area contributed by atoms with E-state index in [2.05, 4.69) is 9.72 Å². The summed E-state index contributed by atoms with van der Waals surface area (Å²) < 4.78 is 59.9. The predicted molar refractivity (Wildman–Crippen MR) is 111 cm³/mol. The number of fused-ring (bicyclic) bond motifs is 1. The van der Waals surface area contributed by atoms with E-state index in [4.69, 9.17) is 14.2 Å². The van der Waals surface area contributed by atoms with Crippen molar-refractivity contribution >= 4 is 5.82 Å². The lowest BCUT2D eigenvalue weighted by molar-refractivity contribution is -0.389. The highest BCUT2D eigenvalue weighted by Gasteiger charge is 2.36. The van der Waals surface area contributed by atoms with Crippen LogP contribution in [0.3, 0.4) is 0 Å². The van der Waals surface area contributed by atoms with Crippen LogP contribution >= 0.6 is 0 Å². The first-order chi connectivity index (χ1) is 16.3. The van der Waals surface area contributed by atoms with Crippen molar-refractivity contribution in [1.29, 1.82) is 0 Å². The molecule has 9 nitrogen and oxygen atoms in total. The fourth-order valence-electron chi connectivity index (χ4n) is 3.38. The normalized spacial score (nSPS) is 17.6. The second kappa shape index (κ2) is 10.1. The Morgan fingerprint density at radius 1 is 1.09 bits per heavy atom. The molecule has 0 unspecified atom stereocenters. The highest BCUT2D eigenvalue weighted by atomic mass is 19.4. The molecule has 0 aliphatic carbocycles. The lowest BCUT2D eigenvalue weighted by atomic mass is 10.1. The third kappa shape index (κ3) is 6.23. The fourth-order valence-corrected chi connectivity index (χ4v) is 3.38. The Labute approximate surface area is 191 Å². The molecule has 0 N–H and O–H groups in total. The van der Waals surface area contributed by atoms with Gasteiger partial charge in [0.1, 0.15) is 18.1 Å². The number of hydrogen-bond acceptors (Lipinski definition) is 7. The van der Waals surface area contributed by atoms with Gasteiger partial charge in [0.15, 0.2) is 6.10 Å². The molecule has 0 bridgehead atoms. The molecule has 0 saturated heterocycles. The van der Waals surface area contributed by atoms with Gasteiger partial charge in [-0.2, -0.15) is 0 Å². The van der Waals surface area contributed by atoms with Crippen LogP contribution in [0.15, 0.2) is 60.8 Å². The lowest BCUT2D eigenvalue weighted by Crippen LogP contribution is -2.44. The number of imidazole rings is 1. The second-order valence-corrected chi connectivity index (χ2v) is 7.49. The van der Waals surface area contributed by atoms with E-state index in [1.807, 2.05) is 30.3 Å². The molecule has 2 atom stereocenters. The van der Waals surface area contributed by atoms with E-state index in [1.165, 1.54) is 35.0 Å². The van der Waals surface area contributed by atoms with E-state index in [-0.39, 0.29) is 37.3 Å². The van der Waals surface area contributed by atoms with Crippen molar-refractivity contribution in [3.8, 4) is 11.8 Å². The molecular weight excluding hydrogens is 459 g/mol. The average Bonchev–Trinajstić information content (AvgIpc) is 3.21. The minimum Gasteiger partial charge on any atom is -0.437 e. The average molecular weight is 479 g/mol. The van der Waals surface area contributed by atoms with E-state index >= 15 is 0 Å². The van der Waals surface area contributed by atoms with Crippen LogP contribution < -0.4 is 9.47 Å². The number of ether oxygens (including phenoxy) is 4. The van der Waals surface area contributed by atoms with Gasteiger partial charge in [0.05, 0.1) is 26.4 Å². The third-order valence-electron chi connectivity index (χ3n) is 4.98. The van der Waals surface area contributed by atoms with E-state index in [0.717, 1.165) is 5.56 Å². The molecule has 0 amide bonds. The van der Waals surface area contributed by atoms with Crippen molar-refractivity contribution in [3.05, 3.63) is 82.0 Å². The SMILES string of the molecule is O=[N+]([O-])c1cn2c(n1)O[C@@H](COCc1ccccc1)[C@@H](OCc1ccc(OC(F)(F)F)cc1)C2. The van der Waals surface area contributed by atoms with Crippen LogP contribution in [0.4, 0.5) is 19.0 Å². The molecule has 2 heterocycles. The van der Waals surface area contributed by atoms with Crippen molar-refractivity contribution in [2.75, 3.05) is 6.61 Å². The molecule has 1 aromatic heterocycles. The molecule has 4 rings (SSSR count). The van der Waals surface area contributed by atoms with Crippen molar-refractivity contribution in [1.82, 2.24) is 9.55 Å². The highest BCUT2D eigenvalue weighted by molar-refractivity contribution is 5.27. The largest absolute Gasteiger partial charge is 0.573 e. The van der Waals surface area contributed by atoms with E-state index in [9.17, 15) is 23.3 Å². The van der Waals surface area contributed by atoms with Crippen molar-refractivity contribution in [2.24, 2.45) is 0 Å². The molecule has 0 fully saturated rings. The molecule has 0 radical (unpaired) electrons. The Morgan fingerprint density at radius 2 is 1.79 bits per heavy atom. The Morgan fingerprint density at radius 3 is 2.47 bits per heavy atom. The summed E-state index contributed by atoms with van der Waals surface area (Å²) in [6.07, 6.45) is -4.67. The molecule has 0 saturated carbocycles. The molecule has 1 aliphatic rings. The van der Waals surface area contributed by atoms with Crippen LogP contribution in [0.25, 0.3) is 0 Å². The quantitative estimate of drug-likeness (QED) is 0.334. The Bertz CT molecular complexity index is 1110. The number of halogens is 3. The third-order valence-corrected chi connectivity index (χ3v) is 4.98. The van der Waals surface area contributed by atoms with Gasteiger partial charge in [-0.25, -0.2) is 0 Å². The maximum absolute atomic E-state index is 12.3. The monoisotopic (exact) mass is 479 g/mol. The number of rotatable bonds is 9. The zero-order valence-electron chi connectivity index (χ0n) is 17.7. The Balaban J connectivity index is 1.41. The minimum atomic E-state index is -4.77. The van der Waals surface area contributed by atoms with E-state index < -0.39 is 23.5 Å². The second-order valence-electron chi connectivity index (χ2n) is 7.49. The molecule has 34 heavy (non-hydrogen) atoms. The van der Waals surface area contributed by atoms with Crippen molar-refractivity contribution in [2.45, 2.75) is 38.3 Å². The number of alkyl halides is 3. The van der Waals surface area contributed by atoms with Gasteiger partial charge >= 0.3 is 18.2 Å². The summed E-state index contributed by atoms with van der Waals surface area (Å²) >= 11 is 0. The molecule has 12 heteroatoms. The maximum atomic E-state index is 12.3. The molecule has 1 aliphatic heterocycles. The number of benzene rings is 2. The van der Waals surface area contributed by atoms with E-state index in [0.29, 0.717) is 12.2 Å². The first-order valence-corrected chi connectivity index (χ1v) is 10.2. The van der Waals surface area contributed by atoms with Gasteiger partial charge in [0, 0.05) is 4.98 Å². The van der Waals surface area contributed by atoms with Gasteiger partial charge in [-0.3, -0.25) is 4.57 Å². The van der Waals surface area contributed by atoms with E-state index in [1.54, 1.807) is 0 Å². The van der Waals surface area contributed by atoms with Crippen LogP contribution in [0.5, 0.6) is 11.8 Å². The fraction of sp³-hybridized carbons (Fsp3) is 0.318. The van der Waals surface area contributed by atoms with Gasteiger partial charge in [-0.1, -0.05) is 42.5 Å². The summed E-state index contributed by atoms with van der Waals surface area (Å²) in [5.74, 6) is -0.681. The molecule has 3 aromatic rings. The zero-order chi connectivity index (χ0) is 24.1. The van der Waals surface area contributed by atoms with Gasteiger partial charge in [0.25, 0.3) is 0 Å². The first kappa shape index (κ1) is 23.5. The molecule has 180 valence electrons. The van der Waals surface area contributed by atoms with Crippen LogP contribution in [-0.4, -0.2) is 39.7 Å². The number of nitro groups is 1. The maximum Gasteiger partial charge on any atom is 0.573 e. The molecule has 2 aromatic carbocycles. The summed E-state index contributed by atoms with van der Waals surface area (Å²) in [6.45, 7) is 0.772. The highest BCUT2D eigenvalue weighted by Crippen LogP contribution is 2.27. The van der Waals surface area contributed by atoms with Crippen LogP contribution in [-0.2, 0) is 29.2 Å². The molecular formula is C22H20F3N3O6. The van der Waals surface area contributed by atoms with Gasteiger partial charge < -0.3 is 29.1 Å². The van der Waals surface area contributed by atoms with Crippen molar-refractivity contribution < 1.29 is 37.0 Å². The van der Waals surface area contributed by atoms with Gasteiger partial charge in [-0.05, 0) is 28.2 Å². The number of hydrogen-bond donors (Lipinski definition) is 0. The Kier molecular flexibility index (Phi) is 6.98. The summed E-state index contributed by atoms with van der Waals surface area (Å²) in [4.78, 5) is 14.3. The van der Waals surface area contributed by atoms with Crippen molar-refractivity contribution in [3.63, 3.8) is 0 Å². The standard InChI is InChI=1S/C22H20F3N3O6/c23-22(24,25)34-17-8-6-16(7-9-17)13-32-18-10-27-11-20(28(29)30)26-21(27)33-19(18)14-31-12-15-4-2-1-3-5-15/h1-9,11,18-19H,10,12-14H2/t18-,19-/m0/s1. The topological polar surface area (TPSA) is 97.9 Å². The van der Waals surface area contributed by atoms with Crippen LogP contribution in [0.2, 0.25) is 0 Å². The number of nitrogens with zero attached hydrogens (tertiary/aromatic N) is 3. The molecule has 0 spiro atoms. The minimum absolute atomic E-state index is 0.0711. The van der Waals surface area contributed by atoms with Gasteiger partial charge in [0.2, 0.25) is 0 Å². The van der Waals surface area contributed by atoms with Gasteiger partial charge in [-0.15, -0.1) is 13.2 Å². The summed E-state index contributed by atoms with van der Waals surface area (Å²) in [6, 6.07) is 14.9. The first-order valence-electron chi connectivity index (χ1n) is 10.2. The predicted octanol–water partition coefficient (Wildman–Crippen LogP) is 4.25. The Hall–Kier alpha value is -3.64. The van der Waals surface area contributed by atoms with Crippen LogP contribution in [0, 0.1) is 10.1 Å². The zero-order valence-corrected chi connectivity index (χ0v) is 17.7. The summed E-state index contributed by atoms with van der Waals surface area (Å²) in [5, 5.41) is 11.1. The lowest BCUT2D eigenvalue weighted by Gasteiger charge is -2.30. The van der Waals surface area contributed by atoms with Crippen LogP contribution in [0.1, 0.15) is 11.1 Å². The smallest absolute Gasteiger partial charge is 0.437 e. The summed E-state index contributed by atoms with van der Waals surface area (Å²) in [5.41, 5.74) is 1.58. The summed E-state index contributed by atoms with van der Waals surface area (Å²) in [7, 11) is 0.